The Hall–Kier alpha value is -1.76. The number of hydrogen-bond donors (Lipinski definition) is 1. The van der Waals surface area contributed by atoms with Gasteiger partial charge in [-0.15, -0.1) is 0 Å². The summed E-state index contributed by atoms with van der Waals surface area (Å²) in [5.74, 6) is -0.133. The van der Waals surface area contributed by atoms with Gasteiger partial charge in [-0.3, -0.25) is 4.79 Å². The smallest absolute Gasteiger partial charge is 0.416 e. The van der Waals surface area contributed by atoms with Crippen molar-refractivity contribution in [2.45, 2.75) is 18.7 Å². The van der Waals surface area contributed by atoms with Crippen LogP contribution in [0.25, 0.3) is 0 Å². The van der Waals surface area contributed by atoms with Gasteiger partial charge in [0.25, 0.3) is 5.91 Å². The largest absolute Gasteiger partial charge is 0.478 e. The van der Waals surface area contributed by atoms with E-state index in [2.05, 4.69) is 0 Å². The number of hydrogen-bond acceptors (Lipinski definition) is 3. The van der Waals surface area contributed by atoms with Crippen molar-refractivity contribution in [1.82, 2.24) is 0 Å². The van der Waals surface area contributed by atoms with Crippen molar-refractivity contribution in [2.75, 3.05) is 18.5 Å². The maximum atomic E-state index is 12.6. The van der Waals surface area contributed by atoms with Gasteiger partial charge in [0.15, 0.2) is 6.10 Å². The molecule has 0 radical (unpaired) electrons. The molecule has 0 aromatic heterocycles. The Bertz CT molecular complexity index is 502. The molecular weight excluding hydrogens is 261 g/mol. The summed E-state index contributed by atoms with van der Waals surface area (Å²) in [5.41, 5.74) is 4.67. The Kier molecular flexibility index (Phi) is 3.40. The molecule has 1 aromatic rings. The number of carbonyl (C=O) groups is 1. The third-order valence-corrected chi connectivity index (χ3v) is 2.95. The number of anilines is 1. The Morgan fingerprint density at radius 1 is 1.42 bits per heavy atom. The minimum absolute atomic E-state index is 0.119. The number of carbonyl (C=O) groups excluding carboxylic acids is 1. The molecule has 0 bridgehead atoms. The van der Waals surface area contributed by atoms with Gasteiger partial charge in [0, 0.05) is 13.5 Å². The maximum absolute atomic E-state index is 12.6. The number of alkyl halides is 3. The first-order valence-corrected chi connectivity index (χ1v) is 5.70. The average Bonchev–Trinajstić information content (AvgIpc) is 2.34. The van der Waals surface area contributed by atoms with E-state index in [0.717, 1.165) is 12.1 Å². The van der Waals surface area contributed by atoms with Gasteiger partial charge in [0.1, 0.15) is 5.75 Å². The summed E-state index contributed by atoms with van der Waals surface area (Å²) in [7, 11) is 1.42. The van der Waals surface area contributed by atoms with Crippen LogP contribution in [0.5, 0.6) is 5.75 Å². The van der Waals surface area contributed by atoms with Gasteiger partial charge in [0.2, 0.25) is 0 Å². The van der Waals surface area contributed by atoms with Crippen LogP contribution in [0.3, 0.4) is 0 Å². The lowest BCUT2D eigenvalue weighted by molar-refractivity contribution is -0.137. The highest BCUT2D eigenvalue weighted by Gasteiger charge is 2.36. The standard InChI is InChI=1S/C12H13F3N2O2/c1-17-8-6-7(12(13,14)15)2-3-9(8)19-10(4-5-16)11(17)18/h2-3,6,10H,4-5,16H2,1H3. The van der Waals surface area contributed by atoms with E-state index in [4.69, 9.17) is 10.5 Å². The second kappa shape index (κ2) is 4.73. The van der Waals surface area contributed by atoms with Gasteiger partial charge in [0.05, 0.1) is 11.3 Å². The third kappa shape index (κ3) is 2.51. The monoisotopic (exact) mass is 274 g/mol. The molecule has 104 valence electrons. The predicted molar refractivity (Wildman–Crippen MR) is 62.9 cm³/mol. The summed E-state index contributed by atoms with van der Waals surface area (Å²) in [6, 6.07) is 3.07. The van der Waals surface area contributed by atoms with Crippen LogP contribution < -0.4 is 15.4 Å². The lowest BCUT2D eigenvalue weighted by Crippen LogP contribution is -2.44. The number of fused-ring (bicyclic) bond motifs is 1. The van der Waals surface area contributed by atoms with Crippen molar-refractivity contribution in [3.05, 3.63) is 23.8 Å². The minimum atomic E-state index is -4.45. The molecule has 0 spiro atoms. The predicted octanol–water partition coefficient (Wildman–Crippen LogP) is 1.78. The number of nitrogens with two attached hydrogens (primary N) is 1. The molecular formula is C12H13F3N2O2. The van der Waals surface area contributed by atoms with E-state index in [9.17, 15) is 18.0 Å². The van der Waals surface area contributed by atoms with Crippen LogP contribution in [0.2, 0.25) is 0 Å². The highest BCUT2D eigenvalue weighted by Crippen LogP contribution is 2.39. The topological polar surface area (TPSA) is 55.6 Å². The molecule has 1 unspecified atom stereocenters. The van der Waals surface area contributed by atoms with E-state index < -0.39 is 23.8 Å². The van der Waals surface area contributed by atoms with Crippen LogP contribution in [-0.2, 0) is 11.0 Å². The van der Waals surface area contributed by atoms with Gasteiger partial charge in [-0.2, -0.15) is 13.2 Å². The molecule has 0 aliphatic carbocycles. The first-order chi connectivity index (χ1) is 8.84. The summed E-state index contributed by atoms with van der Waals surface area (Å²) >= 11 is 0. The van der Waals surface area contributed by atoms with Gasteiger partial charge >= 0.3 is 6.18 Å². The summed E-state index contributed by atoms with van der Waals surface area (Å²) < 4.78 is 43.2. The molecule has 7 heteroatoms. The van der Waals surface area contributed by atoms with Crippen molar-refractivity contribution < 1.29 is 22.7 Å². The van der Waals surface area contributed by atoms with Crippen LogP contribution in [0.15, 0.2) is 18.2 Å². The molecule has 1 aliphatic heterocycles. The van der Waals surface area contributed by atoms with Crippen molar-refractivity contribution in [3.63, 3.8) is 0 Å². The van der Waals surface area contributed by atoms with E-state index in [1.54, 1.807) is 0 Å². The zero-order valence-corrected chi connectivity index (χ0v) is 10.2. The second-order valence-electron chi connectivity index (χ2n) is 4.26. The zero-order valence-electron chi connectivity index (χ0n) is 10.2. The zero-order chi connectivity index (χ0) is 14.2. The SMILES string of the molecule is CN1C(=O)C(CCN)Oc2ccc(C(F)(F)F)cc21. The van der Waals surface area contributed by atoms with Crippen molar-refractivity contribution >= 4 is 11.6 Å². The number of halogens is 3. The molecule has 0 saturated heterocycles. The lowest BCUT2D eigenvalue weighted by Gasteiger charge is -2.32. The average molecular weight is 274 g/mol. The van der Waals surface area contributed by atoms with Gasteiger partial charge < -0.3 is 15.4 Å². The number of amides is 1. The molecule has 4 nitrogen and oxygen atoms in total. The van der Waals surface area contributed by atoms with Crippen molar-refractivity contribution in [3.8, 4) is 5.75 Å². The van der Waals surface area contributed by atoms with E-state index in [0.29, 0.717) is 6.42 Å². The second-order valence-corrected chi connectivity index (χ2v) is 4.26. The highest BCUT2D eigenvalue weighted by atomic mass is 19.4. The number of nitrogens with zero attached hydrogens (tertiary/aromatic N) is 1. The van der Waals surface area contributed by atoms with Crippen molar-refractivity contribution in [1.29, 1.82) is 0 Å². The quantitative estimate of drug-likeness (QED) is 0.894. The molecule has 2 N–H and O–H groups in total. The van der Waals surface area contributed by atoms with Gasteiger partial charge in [-0.05, 0) is 24.7 Å². The Balaban J connectivity index is 2.39. The molecule has 1 aliphatic rings. The van der Waals surface area contributed by atoms with Crippen LogP contribution >= 0.6 is 0 Å². The molecule has 0 saturated carbocycles. The Morgan fingerprint density at radius 2 is 2.11 bits per heavy atom. The lowest BCUT2D eigenvalue weighted by atomic mass is 10.1. The van der Waals surface area contributed by atoms with E-state index in [1.807, 2.05) is 0 Å². The van der Waals surface area contributed by atoms with Gasteiger partial charge in [-0.1, -0.05) is 0 Å². The number of rotatable bonds is 2. The maximum Gasteiger partial charge on any atom is 0.416 e. The fraction of sp³-hybridized carbons (Fsp3) is 0.417. The molecule has 2 rings (SSSR count). The summed E-state index contributed by atoms with van der Waals surface area (Å²) in [4.78, 5) is 13.1. The minimum Gasteiger partial charge on any atom is -0.478 e. The fourth-order valence-corrected chi connectivity index (χ4v) is 1.93. The third-order valence-electron chi connectivity index (χ3n) is 2.95. The van der Waals surface area contributed by atoms with E-state index >= 15 is 0 Å². The van der Waals surface area contributed by atoms with Crippen molar-refractivity contribution in [2.24, 2.45) is 5.73 Å². The molecule has 1 heterocycles. The normalized spacial score (nSPS) is 19.1. The van der Waals surface area contributed by atoms with E-state index in [1.165, 1.54) is 18.0 Å². The highest BCUT2D eigenvalue weighted by molar-refractivity contribution is 5.99. The van der Waals surface area contributed by atoms with E-state index in [-0.39, 0.29) is 18.0 Å². The van der Waals surface area contributed by atoms with Crippen LogP contribution in [-0.4, -0.2) is 25.6 Å². The molecule has 0 fully saturated rings. The Morgan fingerprint density at radius 3 is 2.68 bits per heavy atom. The first kappa shape index (κ1) is 13.7. The Labute approximate surface area is 107 Å². The number of benzene rings is 1. The molecule has 1 amide bonds. The van der Waals surface area contributed by atoms with Crippen LogP contribution in [0.4, 0.5) is 18.9 Å². The summed E-state index contributed by atoms with van der Waals surface area (Å²) in [6.45, 7) is 0.264. The number of likely N-dealkylation sites (N-methyl/N-ethyl adjacent to an activating group) is 1. The van der Waals surface area contributed by atoms with Crippen LogP contribution in [0, 0.1) is 0 Å². The number of ether oxygens (including phenoxy) is 1. The molecule has 19 heavy (non-hydrogen) atoms. The molecule has 1 aromatic carbocycles. The fourth-order valence-electron chi connectivity index (χ4n) is 1.93. The molecule has 1 atom stereocenters. The van der Waals surface area contributed by atoms with Crippen LogP contribution in [0.1, 0.15) is 12.0 Å². The van der Waals surface area contributed by atoms with Gasteiger partial charge in [-0.25, -0.2) is 0 Å². The first-order valence-electron chi connectivity index (χ1n) is 5.70. The summed E-state index contributed by atoms with van der Waals surface area (Å²) in [5, 5.41) is 0. The summed E-state index contributed by atoms with van der Waals surface area (Å²) in [6.07, 6.45) is -4.87.